The molecule has 1 nitrogen and oxygen atoms in total. The second-order valence-electron chi connectivity index (χ2n) is 2.96. The van der Waals surface area contributed by atoms with Gasteiger partial charge in [0.2, 0.25) is 0 Å². The molecule has 1 atom stereocenters. The van der Waals surface area contributed by atoms with Crippen LogP contribution in [0.1, 0.15) is 12.5 Å². The van der Waals surface area contributed by atoms with E-state index in [2.05, 4.69) is 5.32 Å². The lowest BCUT2D eigenvalue weighted by Gasteiger charge is -2.11. The van der Waals surface area contributed by atoms with Crippen molar-refractivity contribution in [2.24, 2.45) is 0 Å². The number of thiophene rings is 1. The molecular formula is C9H13F2NS. The van der Waals surface area contributed by atoms with Gasteiger partial charge in [0.05, 0.1) is 6.04 Å². The summed E-state index contributed by atoms with van der Waals surface area (Å²) in [7, 11) is 0. The van der Waals surface area contributed by atoms with Gasteiger partial charge in [-0.05, 0) is 42.3 Å². The Morgan fingerprint density at radius 1 is 1.54 bits per heavy atom. The smallest absolute Gasteiger partial charge is 0.253 e. The Bertz CT molecular complexity index is 224. The monoisotopic (exact) mass is 205 g/mol. The quantitative estimate of drug-likeness (QED) is 0.779. The van der Waals surface area contributed by atoms with Crippen LogP contribution >= 0.6 is 11.3 Å². The standard InChI is InChI=1S/C9H13F2NS/c1-7(9(10)11)12-4-2-8-3-5-13-6-8/h3,5-7,9,12H,2,4H2,1H3. The van der Waals surface area contributed by atoms with Crippen LogP contribution in [0.3, 0.4) is 0 Å². The van der Waals surface area contributed by atoms with E-state index >= 15 is 0 Å². The average Bonchev–Trinajstić information content (AvgIpc) is 2.56. The van der Waals surface area contributed by atoms with Gasteiger partial charge in [-0.25, -0.2) is 8.78 Å². The van der Waals surface area contributed by atoms with Gasteiger partial charge in [0.1, 0.15) is 0 Å². The van der Waals surface area contributed by atoms with Crippen LogP contribution in [-0.4, -0.2) is 19.0 Å². The minimum Gasteiger partial charge on any atom is -0.309 e. The van der Waals surface area contributed by atoms with Crippen molar-refractivity contribution in [2.75, 3.05) is 6.54 Å². The van der Waals surface area contributed by atoms with E-state index in [1.807, 2.05) is 16.8 Å². The van der Waals surface area contributed by atoms with E-state index in [1.165, 1.54) is 12.5 Å². The summed E-state index contributed by atoms with van der Waals surface area (Å²) in [4.78, 5) is 0. The van der Waals surface area contributed by atoms with Gasteiger partial charge in [-0.2, -0.15) is 11.3 Å². The predicted molar refractivity (Wildman–Crippen MR) is 51.5 cm³/mol. The number of rotatable bonds is 5. The number of hydrogen-bond acceptors (Lipinski definition) is 2. The van der Waals surface area contributed by atoms with E-state index < -0.39 is 12.5 Å². The molecule has 1 unspecified atom stereocenters. The molecule has 1 heterocycles. The zero-order valence-electron chi connectivity index (χ0n) is 7.47. The third-order valence-corrected chi connectivity index (χ3v) is 2.57. The van der Waals surface area contributed by atoms with Crippen LogP contribution in [0, 0.1) is 0 Å². The highest BCUT2D eigenvalue weighted by Gasteiger charge is 2.12. The van der Waals surface area contributed by atoms with Crippen LogP contribution in [0.4, 0.5) is 8.78 Å². The average molecular weight is 205 g/mol. The third kappa shape index (κ3) is 3.83. The van der Waals surface area contributed by atoms with Gasteiger partial charge in [0.15, 0.2) is 0 Å². The molecule has 1 rings (SSSR count). The van der Waals surface area contributed by atoms with E-state index in [0.29, 0.717) is 6.54 Å². The minimum atomic E-state index is -2.28. The normalized spacial score (nSPS) is 13.5. The maximum absolute atomic E-state index is 12.0. The Morgan fingerprint density at radius 2 is 2.31 bits per heavy atom. The molecule has 1 aromatic rings. The largest absolute Gasteiger partial charge is 0.309 e. The molecule has 0 aromatic carbocycles. The highest BCUT2D eigenvalue weighted by Crippen LogP contribution is 2.06. The van der Waals surface area contributed by atoms with Crippen LogP contribution in [0.25, 0.3) is 0 Å². The summed E-state index contributed by atoms with van der Waals surface area (Å²) >= 11 is 1.63. The van der Waals surface area contributed by atoms with Gasteiger partial charge in [0.25, 0.3) is 6.43 Å². The fourth-order valence-corrected chi connectivity index (χ4v) is 1.67. The lowest BCUT2D eigenvalue weighted by molar-refractivity contribution is 0.106. The van der Waals surface area contributed by atoms with E-state index in [1.54, 1.807) is 11.3 Å². The Kier molecular flexibility index (Phi) is 4.32. The maximum atomic E-state index is 12.0. The third-order valence-electron chi connectivity index (χ3n) is 1.84. The predicted octanol–water partition coefficient (Wildman–Crippen LogP) is 2.53. The highest BCUT2D eigenvalue weighted by molar-refractivity contribution is 7.07. The summed E-state index contributed by atoms with van der Waals surface area (Å²) in [6, 6.07) is 1.30. The van der Waals surface area contributed by atoms with Crippen LogP contribution in [-0.2, 0) is 6.42 Å². The summed E-state index contributed by atoms with van der Waals surface area (Å²) in [6.07, 6.45) is -1.46. The fourth-order valence-electron chi connectivity index (χ4n) is 0.968. The zero-order chi connectivity index (χ0) is 9.68. The van der Waals surface area contributed by atoms with Gasteiger partial charge < -0.3 is 5.32 Å². The van der Waals surface area contributed by atoms with Crippen molar-refractivity contribution in [3.05, 3.63) is 22.4 Å². The van der Waals surface area contributed by atoms with Crippen LogP contribution < -0.4 is 5.32 Å². The molecule has 13 heavy (non-hydrogen) atoms. The number of nitrogens with one attached hydrogen (secondary N) is 1. The Hall–Kier alpha value is -0.480. The van der Waals surface area contributed by atoms with Crippen molar-refractivity contribution in [3.63, 3.8) is 0 Å². The summed E-state index contributed by atoms with van der Waals surface area (Å²) in [5.41, 5.74) is 1.21. The van der Waals surface area contributed by atoms with E-state index in [4.69, 9.17) is 0 Å². The lowest BCUT2D eigenvalue weighted by Crippen LogP contribution is -2.33. The molecular weight excluding hydrogens is 192 g/mol. The van der Waals surface area contributed by atoms with E-state index in [0.717, 1.165) is 6.42 Å². The molecule has 0 aliphatic carbocycles. The van der Waals surface area contributed by atoms with Crippen molar-refractivity contribution in [2.45, 2.75) is 25.8 Å². The van der Waals surface area contributed by atoms with Crippen LogP contribution in [0.2, 0.25) is 0 Å². The lowest BCUT2D eigenvalue weighted by atomic mass is 10.2. The topological polar surface area (TPSA) is 12.0 Å². The van der Waals surface area contributed by atoms with Gasteiger partial charge in [-0.3, -0.25) is 0 Å². The Labute approximate surface area is 80.8 Å². The fraction of sp³-hybridized carbons (Fsp3) is 0.556. The van der Waals surface area contributed by atoms with Crippen LogP contribution in [0.5, 0.6) is 0 Å². The second kappa shape index (κ2) is 5.29. The van der Waals surface area contributed by atoms with Crippen molar-refractivity contribution < 1.29 is 8.78 Å². The summed E-state index contributed by atoms with van der Waals surface area (Å²) in [5.74, 6) is 0. The first-order valence-electron chi connectivity index (χ1n) is 4.22. The molecule has 1 N–H and O–H groups in total. The molecule has 0 amide bonds. The molecule has 0 saturated carbocycles. The zero-order valence-corrected chi connectivity index (χ0v) is 8.28. The first-order chi connectivity index (χ1) is 6.20. The van der Waals surface area contributed by atoms with Crippen molar-refractivity contribution >= 4 is 11.3 Å². The second-order valence-corrected chi connectivity index (χ2v) is 3.74. The Balaban J connectivity index is 2.14. The highest BCUT2D eigenvalue weighted by atomic mass is 32.1. The SMILES string of the molecule is CC(NCCc1ccsc1)C(F)F. The molecule has 0 saturated heterocycles. The van der Waals surface area contributed by atoms with Gasteiger partial charge >= 0.3 is 0 Å². The number of halogens is 2. The molecule has 0 bridgehead atoms. The summed E-state index contributed by atoms with van der Waals surface area (Å²) in [5, 5.41) is 6.80. The summed E-state index contributed by atoms with van der Waals surface area (Å²) in [6.45, 7) is 2.11. The molecule has 0 radical (unpaired) electrons. The van der Waals surface area contributed by atoms with E-state index in [9.17, 15) is 8.78 Å². The molecule has 0 spiro atoms. The first kappa shape index (κ1) is 10.6. The van der Waals surface area contributed by atoms with Crippen molar-refractivity contribution in [3.8, 4) is 0 Å². The van der Waals surface area contributed by atoms with E-state index in [-0.39, 0.29) is 0 Å². The van der Waals surface area contributed by atoms with Gasteiger partial charge in [-0.15, -0.1) is 0 Å². The van der Waals surface area contributed by atoms with Gasteiger partial charge in [-0.1, -0.05) is 0 Å². The molecule has 74 valence electrons. The summed E-state index contributed by atoms with van der Waals surface area (Å²) < 4.78 is 24.1. The molecule has 0 aliphatic rings. The number of hydrogen-bond donors (Lipinski definition) is 1. The van der Waals surface area contributed by atoms with Crippen molar-refractivity contribution in [1.82, 2.24) is 5.32 Å². The maximum Gasteiger partial charge on any atom is 0.253 e. The first-order valence-corrected chi connectivity index (χ1v) is 5.17. The van der Waals surface area contributed by atoms with Crippen LogP contribution in [0.15, 0.2) is 16.8 Å². The molecule has 1 aromatic heterocycles. The molecule has 0 fully saturated rings. The minimum absolute atomic E-state index is 0.613. The Morgan fingerprint density at radius 3 is 2.85 bits per heavy atom. The number of alkyl halides is 2. The molecule has 0 aliphatic heterocycles. The van der Waals surface area contributed by atoms with Gasteiger partial charge in [0, 0.05) is 0 Å². The van der Waals surface area contributed by atoms with Crippen molar-refractivity contribution in [1.29, 1.82) is 0 Å². The molecule has 4 heteroatoms.